The number of hydrogen-bond donors (Lipinski definition) is 1. The molecule has 29 heavy (non-hydrogen) atoms. The zero-order valence-electron chi connectivity index (χ0n) is 15.8. The van der Waals surface area contributed by atoms with Crippen LogP contribution in [-0.2, 0) is 14.8 Å². The number of sulfonamides is 1. The standard InChI is InChI=1S/C20H23FN2O5S/c21-16-3-1-15(2-4-16)18(23-7-9-26-10-8-23)14-22-29(24,25)17-5-6-19-20(13-17)28-12-11-27-19/h1-6,13,18,22H,7-12,14H2. The van der Waals surface area contributed by atoms with Gasteiger partial charge in [-0.3, -0.25) is 4.90 Å². The van der Waals surface area contributed by atoms with Gasteiger partial charge in [0, 0.05) is 31.7 Å². The molecule has 0 aliphatic carbocycles. The minimum atomic E-state index is -3.76. The van der Waals surface area contributed by atoms with Gasteiger partial charge >= 0.3 is 0 Å². The maximum atomic E-state index is 13.4. The molecule has 1 atom stereocenters. The average molecular weight is 422 g/mol. The average Bonchev–Trinajstić information content (AvgIpc) is 2.75. The van der Waals surface area contributed by atoms with Gasteiger partial charge < -0.3 is 14.2 Å². The van der Waals surface area contributed by atoms with Crippen molar-refractivity contribution in [2.24, 2.45) is 0 Å². The van der Waals surface area contributed by atoms with Gasteiger partial charge in [0.15, 0.2) is 11.5 Å². The number of fused-ring (bicyclic) bond motifs is 1. The van der Waals surface area contributed by atoms with Gasteiger partial charge in [0.25, 0.3) is 0 Å². The van der Waals surface area contributed by atoms with Crippen molar-refractivity contribution in [2.45, 2.75) is 10.9 Å². The summed E-state index contributed by atoms with van der Waals surface area (Å²) in [6, 6.07) is 10.5. The Hall–Kier alpha value is -2.20. The van der Waals surface area contributed by atoms with Crippen LogP contribution in [0.2, 0.25) is 0 Å². The fourth-order valence-electron chi connectivity index (χ4n) is 3.49. The fourth-order valence-corrected chi connectivity index (χ4v) is 4.55. The Morgan fingerprint density at radius 2 is 1.66 bits per heavy atom. The Morgan fingerprint density at radius 3 is 2.38 bits per heavy atom. The molecule has 1 saturated heterocycles. The van der Waals surface area contributed by atoms with Gasteiger partial charge in [0.1, 0.15) is 19.0 Å². The summed E-state index contributed by atoms with van der Waals surface area (Å²) in [5.74, 6) is 0.626. The van der Waals surface area contributed by atoms with Gasteiger partial charge in [0.2, 0.25) is 10.0 Å². The molecule has 1 fully saturated rings. The molecule has 4 rings (SSSR count). The van der Waals surface area contributed by atoms with Crippen LogP contribution >= 0.6 is 0 Å². The van der Waals surface area contributed by atoms with Gasteiger partial charge in [-0.15, -0.1) is 0 Å². The lowest BCUT2D eigenvalue weighted by Gasteiger charge is -2.35. The van der Waals surface area contributed by atoms with E-state index in [9.17, 15) is 12.8 Å². The van der Waals surface area contributed by atoms with Crippen molar-refractivity contribution >= 4 is 10.0 Å². The van der Waals surface area contributed by atoms with Crippen LogP contribution < -0.4 is 14.2 Å². The molecular formula is C20H23FN2O5S. The zero-order chi connectivity index (χ0) is 20.3. The minimum Gasteiger partial charge on any atom is -0.486 e. The molecule has 0 spiro atoms. The highest BCUT2D eigenvalue weighted by atomic mass is 32.2. The van der Waals surface area contributed by atoms with E-state index >= 15 is 0 Å². The first-order valence-corrected chi connectivity index (χ1v) is 11.0. The third-order valence-electron chi connectivity index (χ3n) is 5.03. The molecule has 0 bridgehead atoms. The first-order chi connectivity index (χ1) is 14.0. The lowest BCUT2D eigenvalue weighted by molar-refractivity contribution is 0.0172. The molecule has 0 amide bonds. The first kappa shape index (κ1) is 20.1. The third kappa shape index (κ3) is 4.69. The second-order valence-corrected chi connectivity index (χ2v) is 8.64. The Morgan fingerprint density at radius 1 is 0.966 bits per heavy atom. The predicted molar refractivity (Wildman–Crippen MR) is 104 cm³/mol. The number of halogens is 1. The number of nitrogens with zero attached hydrogens (tertiary/aromatic N) is 1. The molecule has 1 unspecified atom stereocenters. The number of hydrogen-bond acceptors (Lipinski definition) is 6. The Balaban J connectivity index is 1.53. The molecule has 0 radical (unpaired) electrons. The number of rotatable bonds is 6. The Bertz CT molecular complexity index is 946. The SMILES string of the molecule is O=S(=O)(NCC(c1ccc(F)cc1)N1CCOCC1)c1ccc2c(c1)OCCO2. The third-order valence-corrected chi connectivity index (χ3v) is 6.45. The van der Waals surface area contributed by atoms with Gasteiger partial charge in [-0.25, -0.2) is 17.5 Å². The van der Waals surface area contributed by atoms with E-state index in [0.717, 1.165) is 5.56 Å². The molecule has 156 valence electrons. The van der Waals surface area contributed by atoms with Crippen LogP contribution in [0, 0.1) is 5.82 Å². The van der Waals surface area contributed by atoms with E-state index in [4.69, 9.17) is 14.2 Å². The van der Waals surface area contributed by atoms with E-state index in [2.05, 4.69) is 9.62 Å². The highest BCUT2D eigenvalue weighted by molar-refractivity contribution is 7.89. The molecule has 1 N–H and O–H groups in total. The summed E-state index contributed by atoms with van der Waals surface area (Å²) < 4.78 is 58.2. The van der Waals surface area contributed by atoms with E-state index < -0.39 is 10.0 Å². The molecule has 0 saturated carbocycles. The summed E-state index contributed by atoms with van der Waals surface area (Å²) in [5, 5.41) is 0. The van der Waals surface area contributed by atoms with Crippen molar-refractivity contribution in [3.05, 3.63) is 53.8 Å². The van der Waals surface area contributed by atoms with Crippen molar-refractivity contribution in [3.63, 3.8) is 0 Å². The van der Waals surface area contributed by atoms with Crippen molar-refractivity contribution in [3.8, 4) is 11.5 Å². The summed E-state index contributed by atoms with van der Waals surface area (Å²) in [5.41, 5.74) is 0.846. The lowest BCUT2D eigenvalue weighted by Crippen LogP contribution is -2.43. The van der Waals surface area contributed by atoms with Crippen LogP contribution in [0.4, 0.5) is 4.39 Å². The molecule has 2 aliphatic rings. The molecule has 2 aromatic carbocycles. The van der Waals surface area contributed by atoms with Crippen LogP contribution in [-0.4, -0.2) is 59.4 Å². The van der Waals surface area contributed by atoms with Gasteiger partial charge in [-0.05, 0) is 29.8 Å². The van der Waals surface area contributed by atoms with Crippen LogP contribution in [0.3, 0.4) is 0 Å². The number of benzene rings is 2. The lowest BCUT2D eigenvalue weighted by atomic mass is 10.0. The largest absolute Gasteiger partial charge is 0.486 e. The normalized spacial score (nSPS) is 18.4. The molecule has 7 nitrogen and oxygen atoms in total. The number of morpholine rings is 1. The molecule has 0 aromatic heterocycles. The second-order valence-electron chi connectivity index (χ2n) is 6.87. The fraction of sp³-hybridized carbons (Fsp3) is 0.400. The zero-order valence-corrected chi connectivity index (χ0v) is 16.7. The highest BCUT2D eigenvalue weighted by Crippen LogP contribution is 2.32. The molecule has 2 aromatic rings. The predicted octanol–water partition coefficient (Wildman–Crippen LogP) is 1.95. The molecule has 2 aliphatic heterocycles. The minimum absolute atomic E-state index is 0.113. The number of ether oxygens (including phenoxy) is 3. The maximum Gasteiger partial charge on any atom is 0.240 e. The highest BCUT2D eigenvalue weighted by Gasteiger charge is 2.26. The van der Waals surface area contributed by atoms with E-state index in [1.807, 2.05) is 0 Å². The quantitative estimate of drug-likeness (QED) is 0.767. The molecule has 9 heteroatoms. The van der Waals surface area contributed by atoms with E-state index in [-0.39, 0.29) is 23.3 Å². The summed E-state index contributed by atoms with van der Waals surface area (Å²) in [6.07, 6.45) is 0. The van der Waals surface area contributed by atoms with Crippen LogP contribution in [0.1, 0.15) is 11.6 Å². The maximum absolute atomic E-state index is 13.4. The van der Waals surface area contributed by atoms with E-state index in [1.54, 1.807) is 18.2 Å². The Labute approximate surface area is 169 Å². The smallest absolute Gasteiger partial charge is 0.240 e. The van der Waals surface area contributed by atoms with Crippen molar-refractivity contribution in [1.82, 2.24) is 9.62 Å². The van der Waals surface area contributed by atoms with Crippen LogP contribution in [0.5, 0.6) is 11.5 Å². The van der Waals surface area contributed by atoms with E-state index in [1.165, 1.54) is 24.3 Å². The van der Waals surface area contributed by atoms with Crippen LogP contribution in [0.25, 0.3) is 0 Å². The summed E-state index contributed by atoms with van der Waals surface area (Å²) in [4.78, 5) is 2.25. The topological polar surface area (TPSA) is 77.1 Å². The summed E-state index contributed by atoms with van der Waals surface area (Å²) in [7, 11) is -3.76. The molecule has 2 heterocycles. The van der Waals surface area contributed by atoms with Gasteiger partial charge in [-0.1, -0.05) is 12.1 Å². The van der Waals surface area contributed by atoms with Crippen molar-refractivity contribution in [2.75, 3.05) is 46.1 Å². The summed E-state index contributed by atoms with van der Waals surface area (Å²) >= 11 is 0. The van der Waals surface area contributed by atoms with E-state index in [0.29, 0.717) is 51.0 Å². The van der Waals surface area contributed by atoms with Crippen molar-refractivity contribution in [1.29, 1.82) is 0 Å². The van der Waals surface area contributed by atoms with Gasteiger partial charge in [-0.2, -0.15) is 0 Å². The number of nitrogens with one attached hydrogen (secondary N) is 1. The first-order valence-electron chi connectivity index (χ1n) is 9.49. The molecular weight excluding hydrogens is 399 g/mol. The van der Waals surface area contributed by atoms with Gasteiger partial charge in [0.05, 0.1) is 18.1 Å². The second kappa shape index (κ2) is 8.66. The monoisotopic (exact) mass is 422 g/mol. The summed E-state index contributed by atoms with van der Waals surface area (Å²) in [6.45, 7) is 3.48. The Kier molecular flexibility index (Phi) is 6.00. The van der Waals surface area contributed by atoms with Crippen LogP contribution in [0.15, 0.2) is 47.4 Å². The van der Waals surface area contributed by atoms with Crippen molar-refractivity contribution < 1.29 is 27.0 Å².